The van der Waals surface area contributed by atoms with Gasteiger partial charge < -0.3 is 14.0 Å². The predicted molar refractivity (Wildman–Crippen MR) is 86.8 cm³/mol. The first kappa shape index (κ1) is 15.4. The number of hydrogen-bond donors (Lipinski definition) is 0. The molecule has 0 unspecified atom stereocenters. The summed E-state index contributed by atoms with van der Waals surface area (Å²) in [6, 6.07) is 12.9. The summed E-state index contributed by atoms with van der Waals surface area (Å²) in [5.41, 5.74) is 1.80. The summed E-state index contributed by atoms with van der Waals surface area (Å²) < 4.78 is 16.0. The first-order valence-corrected chi connectivity index (χ1v) is 7.39. The number of aryl methyl sites for hydroxylation is 1. The largest absolute Gasteiger partial charge is 0.497 e. The van der Waals surface area contributed by atoms with Crippen molar-refractivity contribution in [1.82, 2.24) is 10.1 Å². The topological polar surface area (TPSA) is 57.4 Å². The summed E-state index contributed by atoms with van der Waals surface area (Å²) in [6.45, 7) is 2.13. The Balaban J connectivity index is 1.69. The van der Waals surface area contributed by atoms with Gasteiger partial charge in [-0.15, -0.1) is 0 Å². The van der Waals surface area contributed by atoms with E-state index in [2.05, 4.69) is 10.1 Å². The molecule has 23 heavy (non-hydrogen) atoms. The highest BCUT2D eigenvalue weighted by Gasteiger charge is 2.10. The van der Waals surface area contributed by atoms with Crippen molar-refractivity contribution in [2.75, 3.05) is 7.11 Å². The number of rotatable bonds is 5. The molecule has 6 heteroatoms. The Hall–Kier alpha value is -2.53. The molecule has 1 heterocycles. The molecule has 5 nitrogen and oxygen atoms in total. The molecule has 0 saturated heterocycles. The molecule has 118 valence electrons. The van der Waals surface area contributed by atoms with Gasteiger partial charge in [-0.25, -0.2) is 0 Å². The second-order valence-corrected chi connectivity index (χ2v) is 5.38. The number of aromatic nitrogens is 2. The molecule has 0 N–H and O–H groups in total. The van der Waals surface area contributed by atoms with Gasteiger partial charge in [-0.3, -0.25) is 0 Å². The first-order chi connectivity index (χ1) is 11.2. The van der Waals surface area contributed by atoms with Crippen LogP contribution in [0.2, 0.25) is 5.02 Å². The lowest BCUT2D eigenvalue weighted by Gasteiger charge is -2.06. The second kappa shape index (κ2) is 6.71. The smallest absolute Gasteiger partial charge is 0.264 e. The Morgan fingerprint density at radius 3 is 2.61 bits per heavy atom. The van der Waals surface area contributed by atoms with Crippen molar-refractivity contribution in [2.45, 2.75) is 13.5 Å². The SMILES string of the molecule is COc1ccc(-c2noc(COc3ccc(Cl)cc3C)n2)cc1. The van der Waals surface area contributed by atoms with Crippen LogP contribution < -0.4 is 9.47 Å². The van der Waals surface area contributed by atoms with Crippen LogP contribution in [0.15, 0.2) is 47.0 Å². The quantitative estimate of drug-likeness (QED) is 0.698. The van der Waals surface area contributed by atoms with Crippen LogP contribution in [0.5, 0.6) is 11.5 Å². The lowest BCUT2D eigenvalue weighted by Crippen LogP contribution is -1.97. The minimum absolute atomic E-state index is 0.200. The van der Waals surface area contributed by atoms with Crippen LogP contribution in [-0.4, -0.2) is 17.3 Å². The number of nitrogens with zero attached hydrogens (tertiary/aromatic N) is 2. The van der Waals surface area contributed by atoms with Crippen LogP contribution in [-0.2, 0) is 6.61 Å². The average molecular weight is 331 g/mol. The summed E-state index contributed by atoms with van der Waals surface area (Å²) in [6.07, 6.45) is 0. The van der Waals surface area contributed by atoms with Crippen LogP contribution in [0, 0.1) is 6.92 Å². The standard InChI is InChI=1S/C17H15ClN2O3/c1-11-9-13(18)5-8-15(11)22-10-16-19-17(20-23-16)12-3-6-14(21-2)7-4-12/h3-9H,10H2,1-2H3. The van der Waals surface area contributed by atoms with Crippen molar-refractivity contribution < 1.29 is 14.0 Å². The molecule has 0 atom stereocenters. The van der Waals surface area contributed by atoms with Crippen LogP contribution >= 0.6 is 11.6 Å². The maximum absolute atomic E-state index is 5.92. The van der Waals surface area contributed by atoms with Gasteiger partial charge in [0, 0.05) is 10.6 Å². The van der Waals surface area contributed by atoms with E-state index in [-0.39, 0.29) is 6.61 Å². The van der Waals surface area contributed by atoms with Gasteiger partial charge in [0.05, 0.1) is 7.11 Å². The number of ether oxygens (including phenoxy) is 2. The fourth-order valence-electron chi connectivity index (χ4n) is 2.09. The van der Waals surface area contributed by atoms with Gasteiger partial charge in [-0.05, 0) is 55.0 Å². The Bertz CT molecular complexity index is 800. The molecule has 0 aliphatic rings. The highest BCUT2D eigenvalue weighted by Crippen LogP contribution is 2.23. The lowest BCUT2D eigenvalue weighted by molar-refractivity contribution is 0.242. The Kier molecular flexibility index (Phi) is 4.48. The van der Waals surface area contributed by atoms with Gasteiger partial charge >= 0.3 is 0 Å². The monoisotopic (exact) mass is 330 g/mol. The zero-order valence-electron chi connectivity index (χ0n) is 12.7. The summed E-state index contributed by atoms with van der Waals surface area (Å²) in [7, 11) is 1.62. The maximum atomic E-state index is 5.92. The molecule has 1 aromatic heterocycles. The highest BCUT2D eigenvalue weighted by molar-refractivity contribution is 6.30. The first-order valence-electron chi connectivity index (χ1n) is 7.01. The molecule has 3 rings (SSSR count). The third-order valence-electron chi connectivity index (χ3n) is 3.30. The minimum Gasteiger partial charge on any atom is -0.497 e. The van der Waals surface area contributed by atoms with E-state index in [1.807, 2.05) is 43.3 Å². The normalized spacial score (nSPS) is 10.6. The van der Waals surface area contributed by atoms with Gasteiger partial charge in [-0.2, -0.15) is 4.98 Å². The molecular weight excluding hydrogens is 316 g/mol. The van der Waals surface area contributed by atoms with Crippen LogP contribution in [0.1, 0.15) is 11.5 Å². The van der Waals surface area contributed by atoms with Crippen LogP contribution in [0.4, 0.5) is 0 Å². The van der Waals surface area contributed by atoms with Gasteiger partial charge in [0.15, 0.2) is 6.61 Å². The van der Waals surface area contributed by atoms with E-state index in [0.717, 1.165) is 22.6 Å². The van der Waals surface area contributed by atoms with E-state index in [0.29, 0.717) is 16.7 Å². The Morgan fingerprint density at radius 1 is 1.13 bits per heavy atom. The Morgan fingerprint density at radius 2 is 1.91 bits per heavy atom. The van der Waals surface area contributed by atoms with Crippen molar-refractivity contribution in [3.05, 3.63) is 58.9 Å². The summed E-state index contributed by atoms with van der Waals surface area (Å²) in [5, 5.41) is 4.64. The molecule has 0 amide bonds. The number of hydrogen-bond acceptors (Lipinski definition) is 5. The Labute approximate surface area is 138 Å². The third kappa shape index (κ3) is 3.63. The molecule has 0 aliphatic heterocycles. The van der Waals surface area contributed by atoms with Crippen LogP contribution in [0.3, 0.4) is 0 Å². The predicted octanol–water partition coefficient (Wildman–Crippen LogP) is 4.29. The van der Waals surface area contributed by atoms with Crippen molar-refractivity contribution in [1.29, 1.82) is 0 Å². The molecule has 3 aromatic rings. The van der Waals surface area contributed by atoms with E-state index in [1.54, 1.807) is 13.2 Å². The molecule has 0 saturated carbocycles. The van der Waals surface area contributed by atoms with Crippen molar-refractivity contribution in [3.8, 4) is 22.9 Å². The summed E-state index contributed by atoms with van der Waals surface area (Å²) >= 11 is 5.92. The lowest BCUT2D eigenvalue weighted by atomic mass is 10.2. The van der Waals surface area contributed by atoms with Crippen molar-refractivity contribution in [3.63, 3.8) is 0 Å². The van der Waals surface area contributed by atoms with Crippen molar-refractivity contribution >= 4 is 11.6 Å². The molecule has 2 aromatic carbocycles. The zero-order chi connectivity index (χ0) is 16.2. The summed E-state index contributed by atoms with van der Waals surface area (Å²) in [5.74, 6) is 2.43. The fraction of sp³-hybridized carbons (Fsp3) is 0.176. The van der Waals surface area contributed by atoms with E-state index in [9.17, 15) is 0 Å². The number of methoxy groups -OCH3 is 1. The molecule has 0 aliphatic carbocycles. The number of halogens is 1. The van der Waals surface area contributed by atoms with Gasteiger partial charge in [0.25, 0.3) is 5.89 Å². The fourth-order valence-corrected chi connectivity index (χ4v) is 2.31. The summed E-state index contributed by atoms with van der Waals surface area (Å²) in [4.78, 5) is 4.33. The van der Waals surface area contributed by atoms with E-state index >= 15 is 0 Å². The second-order valence-electron chi connectivity index (χ2n) is 4.94. The van der Waals surface area contributed by atoms with E-state index in [4.69, 9.17) is 25.6 Å². The van der Waals surface area contributed by atoms with E-state index in [1.165, 1.54) is 0 Å². The molecule has 0 radical (unpaired) electrons. The molecule has 0 spiro atoms. The minimum atomic E-state index is 0.200. The molecule has 0 bridgehead atoms. The van der Waals surface area contributed by atoms with E-state index < -0.39 is 0 Å². The van der Waals surface area contributed by atoms with Crippen LogP contribution in [0.25, 0.3) is 11.4 Å². The highest BCUT2D eigenvalue weighted by atomic mass is 35.5. The number of benzene rings is 2. The molecular formula is C17H15ClN2O3. The molecule has 0 fully saturated rings. The zero-order valence-corrected chi connectivity index (χ0v) is 13.5. The van der Waals surface area contributed by atoms with Gasteiger partial charge in [-0.1, -0.05) is 16.8 Å². The van der Waals surface area contributed by atoms with Gasteiger partial charge in [0.2, 0.25) is 5.82 Å². The third-order valence-corrected chi connectivity index (χ3v) is 3.54. The average Bonchev–Trinajstić information content (AvgIpc) is 3.03. The van der Waals surface area contributed by atoms with Crippen molar-refractivity contribution in [2.24, 2.45) is 0 Å². The van der Waals surface area contributed by atoms with Gasteiger partial charge in [0.1, 0.15) is 11.5 Å². The maximum Gasteiger partial charge on any atom is 0.264 e.